The van der Waals surface area contributed by atoms with Crippen LogP contribution < -0.4 is 14.2 Å². The van der Waals surface area contributed by atoms with E-state index in [2.05, 4.69) is 32.1 Å². The molecule has 1 aromatic rings. The summed E-state index contributed by atoms with van der Waals surface area (Å²) in [6, 6.07) is 3.53. The molecule has 1 fully saturated rings. The minimum absolute atomic E-state index is 0.0840. The Kier molecular flexibility index (Phi) is 10.7. The molecule has 0 bridgehead atoms. The normalized spacial score (nSPS) is 28.8. The van der Waals surface area contributed by atoms with Crippen molar-refractivity contribution in [3.63, 3.8) is 0 Å². The number of ketones is 1. The van der Waals surface area contributed by atoms with E-state index in [4.69, 9.17) is 18.9 Å². The Morgan fingerprint density at radius 2 is 1.89 bits per heavy atom. The zero-order valence-corrected chi connectivity index (χ0v) is 27.1. The fourth-order valence-electron chi connectivity index (χ4n) is 7.55. The number of aldehydes is 1. The maximum absolute atomic E-state index is 12.7. The second kappa shape index (κ2) is 14.3. The van der Waals surface area contributed by atoms with Gasteiger partial charge in [-0.1, -0.05) is 43.7 Å². The first kappa shape index (κ1) is 33.0. The molecule has 0 amide bonds. The third kappa shape index (κ3) is 6.92. The largest absolute Gasteiger partial charge is 0.493 e. The molecular formula is C37H46O7. The minimum Gasteiger partial charge on any atom is -0.493 e. The van der Waals surface area contributed by atoms with Gasteiger partial charge in [0.05, 0.1) is 27.2 Å². The van der Waals surface area contributed by atoms with Gasteiger partial charge in [0.1, 0.15) is 12.9 Å². The Hall–Kier alpha value is -3.87. The fourth-order valence-corrected chi connectivity index (χ4v) is 7.55. The van der Waals surface area contributed by atoms with Gasteiger partial charge in [-0.05, 0) is 104 Å². The summed E-state index contributed by atoms with van der Waals surface area (Å²) < 4.78 is 21.6. The van der Waals surface area contributed by atoms with Gasteiger partial charge in [-0.25, -0.2) is 4.79 Å². The molecule has 0 heterocycles. The molecule has 0 unspecified atom stereocenters. The number of esters is 1. The smallest absolute Gasteiger partial charge is 0.331 e. The van der Waals surface area contributed by atoms with E-state index < -0.39 is 5.97 Å². The van der Waals surface area contributed by atoms with Gasteiger partial charge in [0, 0.05) is 11.6 Å². The number of hydrogen-bond acceptors (Lipinski definition) is 7. The second-order valence-corrected chi connectivity index (χ2v) is 12.7. The Labute approximate surface area is 261 Å². The van der Waals surface area contributed by atoms with Gasteiger partial charge in [-0.15, -0.1) is 0 Å². The Balaban J connectivity index is 1.36. The van der Waals surface area contributed by atoms with Crippen molar-refractivity contribution in [1.29, 1.82) is 0 Å². The lowest BCUT2D eigenvalue weighted by atomic mass is 9.63. The summed E-state index contributed by atoms with van der Waals surface area (Å²) in [5.41, 5.74) is 3.51. The van der Waals surface area contributed by atoms with Gasteiger partial charge < -0.3 is 18.9 Å². The van der Waals surface area contributed by atoms with Crippen molar-refractivity contribution in [2.45, 2.75) is 53.4 Å². The van der Waals surface area contributed by atoms with Crippen LogP contribution in [0.1, 0.15) is 58.9 Å². The number of fused-ring (bicyclic) bond motifs is 2. The first-order chi connectivity index (χ1) is 21.1. The van der Waals surface area contributed by atoms with E-state index in [0.29, 0.717) is 46.1 Å². The lowest BCUT2D eigenvalue weighted by Gasteiger charge is -2.40. The van der Waals surface area contributed by atoms with Gasteiger partial charge in [-0.3, -0.25) is 9.59 Å². The molecule has 0 spiro atoms. The van der Waals surface area contributed by atoms with Crippen LogP contribution in [0, 0.1) is 35.0 Å². The van der Waals surface area contributed by atoms with Crippen LogP contribution in [-0.4, -0.2) is 46.0 Å². The van der Waals surface area contributed by atoms with Crippen LogP contribution in [0.25, 0.3) is 6.08 Å². The third-order valence-electron chi connectivity index (χ3n) is 9.96. The van der Waals surface area contributed by atoms with Gasteiger partial charge in [-0.2, -0.15) is 0 Å². The Morgan fingerprint density at radius 3 is 2.57 bits per heavy atom. The van der Waals surface area contributed by atoms with E-state index in [-0.39, 0.29) is 29.6 Å². The molecule has 1 aromatic carbocycles. The average Bonchev–Trinajstić information content (AvgIpc) is 3.47. The van der Waals surface area contributed by atoms with Gasteiger partial charge in [0.2, 0.25) is 5.75 Å². The summed E-state index contributed by atoms with van der Waals surface area (Å²) in [7, 11) is 4.62. The monoisotopic (exact) mass is 602 g/mol. The van der Waals surface area contributed by atoms with E-state index in [9.17, 15) is 14.4 Å². The first-order valence-corrected chi connectivity index (χ1v) is 15.4. The van der Waals surface area contributed by atoms with Crippen LogP contribution in [-0.2, 0) is 19.1 Å². The fraction of sp³-hybridized carbons (Fsp3) is 0.486. The van der Waals surface area contributed by atoms with Crippen molar-refractivity contribution >= 4 is 24.1 Å². The van der Waals surface area contributed by atoms with E-state index in [1.54, 1.807) is 31.4 Å². The zero-order chi connectivity index (χ0) is 32.0. The molecule has 0 aromatic heterocycles. The molecule has 3 aliphatic rings. The number of allylic oxidation sites excluding steroid dienone is 7. The van der Waals surface area contributed by atoms with Gasteiger partial charge >= 0.3 is 5.97 Å². The molecule has 236 valence electrons. The summed E-state index contributed by atoms with van der Waals surface area (Å²) in [4.78, 5) is 37.1. The summed E-state index contributed by atoms with van der Waals surface area (Å²) in [5.74, 6) is 2.20. The van der Waals surface area contributed by atoms with Crippen LogP contribution >= 0.6 is 0 Å². The van der Waals surface area contributed by atoms with Crippen molar-refractivity contribution in [3.8, 4) is 17.2 Å². The summed E-state index contributed by atoms with van der Waals surface area (Å²) in [6.45, 7) is 8.81. The van der Waals surface area contributed by atoms with Gasteiger partial charge in [0.25, 0.3) is 0 Å². The van der Waals surface area contributed by atoms with Crippen molar-refractivity contribution in [1.82, 2.24) is 0 Å². The standard InChI is InChI=1S/C37H46O7/c1-23(22-44-33(40)16-13-26-12-15-32(41-5)36(43-7)35(26)42-6)9-8-10-24(2)28-17-18-37(4)20-29-25(3)19-31(39)34(29)27(21-38)11-14-30(28)37/h8-13,15-16,19,21,24,28-30,34H,14,17-18,20,22H2,1-7H3/b10-8-,16-13+,23-9-,27-11-/t24-,28+,29+,30-,34-,37+/m0/s1. The van der Waals surface area contributed by atoms with E-state index in [0.717, 1.165) is 43.1 Å². The highest BCUT2D eigenvalue weighted by Crippen LogP contribution is 2.58. The molecule has 7 nitrogen and oxygen atoms in total. The first-order valence-electron chi connectivity index (χ1n) is 15.4. The van der Waals surface area contributed by atoms with Gasteiger partial charge in [0.15, 0.2) is 17.3 Å². The average molecular weight is 603 g/mol. The lowest BCUT2D eigenvalue weighted by molar-refractivity contribution is -0.136. The Morgan fingerprint density at radius 1 is 1.14 bits per heavy atom. The molecule has 0 aliphatic heterocycles. The zero-order valence-electron chi connectivity index (χ0n) is 27.1. The molecule has 7 heteroatoms. The topological polar surface area (TPSA) is 88.1 Å². The molecule has 0 N–H and O–H groups in total. The predicted molar refractivity (Wildman–Crippen MR) is 172 cm³/mol. The molecule has 1 saturated carbocycles. The highest BCUT2D eigenvalue weighted by atomic mass is 16.5. The number of carbonyl (C=O) groups is 3. The van der Waals surface area contributed by atoms with Crippen molar-refractivity contribution in [3.05, 3.63) is 70.9 Å². The number of benzene rings is 1. The molecular weight excluding hydrogens is 556 g/mol. The van der Waals surface area contributed by atoms with Crippen LogP contribution in [0.3, 0.4) is 0 Å². The van der Waals surface area contributed by atoms with Crippen LogP contribution in [0.4, 0.5) is 0 Å². The van der Waals surface area contributed by atoms with Crippen LogP contribution in [0.5, 0.6) is 17.2 Å². The van der Waals surface area contributed by atoms with Crippen LogP contribution in [0.2, 0.25) is 0 Å². The van der Waals surface area contributed by atoms with E-state index in [1.807, 2.05) is 19.9 Å². The number of rotatable bonds is 11. The summed E-state index contributed by atoms with van der Waals surface area (Å²) >= 11 is 0. The number of carbonyl (C=O) groups excluding carboxylic acids is 3. The predicted octanol–water partition coefficient (Wildman–Crippen LogP) is 7.12. The highest BCUT2D eigenvalue weighted by Gasteiger charge is 2.50. The van der Waals surface area contributed by atoms with Crippen molar-refractivity contribution in [2.75, 3.05) is 27.9 Å². The van der Waals surface area contributed by atoms with Crippen LogP contribution in [0.15, 0.2) is 65.3 Å². The maximum atomic E-state index is 12.7. The quantitative estimate of drug-likeness (QED) is 0.115. The van der Waals surface area contributed by atoms with Crippen molar-refractivity contribution in [2.24, 2.45) is 35.0 Å². The number of methoxy groups -OCH3 is 3. The summed E-state index contributed by atoms with van der Waals surface area (Å²) in [6.07, 6.45) is 18.0. The molecule has 3 aliphatic carbocycles. The molecule has 0 radical (unpaired) electrons. The molecule has 44 heavy (non-hydrogen) atoms. The minimum atomic E-state index is -0.458. The molecule has 6 atom stereocenters. The number of hydrogen-bond donors (Lipinski definition) is 0. The van der Waals surface area contributed by atoms with E-state index in [1.165, 1.54) is 20.3 Å². The van der Waals surface area contributed by atoms with E-state index >= 15 is 0 Å². The maximum Gasteiger partial charge on any atom is 0.331 e. The second-order valence-electron chi connectivity index (χ2n) is 12.7. The Bertz CT molecular complexity index is 1410. The summed E-state index contributed by atoms with van der Waals surface area (Å²) in [5, 5.41) is 0. The number of ether oxygens (including phenoxy) is 4. The van der Waals surface area contributed by atoms with Crippen molar-refractivity contribution < 1.29 is 33.3 Å². The molecule has 0 saturated heterocycles. The highest BCUT2D eigenvalue weighted by molar-refractivity contribution is 6.01. The SMILES string of the molecule is COc1ccc(/C=C/C(=O)OC/C(C)=C\C=C/[C@H](C)[C@H]2CC[C@]3(C)C[C@@H]4C(C)=CC(=O)[C@H]4/C(C=O)=C\C[C@@H]23)c(OC)c1OC. The third-order valence-corrected chi connectivity index (χ3v) is 9.96. The molecule has 4 rings (SSSR count). The lowest BCUT2D eigenvalue weighted by Crippen LogP contribution is -2.34.